The molecule has 0 aliphatic heterocycles. The van der Waals surface area contributed by atoms with Crippen LogP contribution in [0, 0.1) is 17.3 Å². The zero-order valence-electron chi connectivity index (χ0n) is 10.8. The Kier molecular flexibility index (Phi) is 4.06. The average Bonchev–Trinajstić information content (AvgIpc) is 2.47. The predicted molar refractivity (Wildman–Crippen MR) is 71.2 cm³/mol. The second-order valence-corrected chi connectivity index (χ2v) is 4.27. The highest BCUT2D eigenvalue weighted by Crippen LogP contribution is 2.14. The highest BCUT2D eigenvalue weighted by atomic mass is 19.1. The summed E-state index contributed by atoms with van der Waals surface area (Å²) in [5.74, 6) is -1.32. The Labute approximate surface area is 115 Å². The van der Waals surface area contributed by atoms with Crippen LogP contribution in [0.25, 0.3) is 0 Å². The van der Waals surface area contributed by atoms with Crippen molar-refractivity contribution < 1.29 is 9.18 Å². The summed E-state index contributed by atoms with van der Waals surface area (Å²) in [5.41, 5.74) is 1.29. The molecule has 0 saturated carbocycles. The maximum absolute atomic E-state index is 13.4. The van der Waals surface area contributed by atoms with Crippen LogP contribution < -0.4 is 5.32 Å². The van der Waals surface area contributed by atoms with Crippen molar-refractivity contribution in [3.8, 4) is 6.07 Å². The molecule has 0 aliphatic carbocycles. The number of amides is 1. The van der Waals surface area contributed by atoms with E-state index in [0.29, 0.717) is 5.56 Å². The van der Waals surface area contributed by atoms with Gasteiger partial charge in [0.25, 0.3) is 5.91 Å². The molecule has 0 spiro atoms. The van der Waals surface area contributed by atoms with Gasteiger partial charge in [0.15, 0.2) is 0 Å². The normalized spacial score (nSPS) is 11.4. The molecular formula is C15H12FN3O. The van der Waals surface area contributed by atoms with E-state index >= 15 is 0 Å². The lowest BCUT2D eigenvalue weighted by atomic mass is 10.1. The van der Waals surface area contributed by atoms with E-state index in [2.05, 4.69) is 10.3 Å². The number of pyridine rings is 1. The van der Waals surface area contributed by atoms with E-state index < -0.39 is 11.9 Å². The summed E-state index contributed by atoms with van der Waals surface area (Å²) in [6, 6.07) is 11.5. The quantitative estimate of drug-likeness (QED) is 0.871. The molecule has 1 heterocycles. The minimum Gasteiger partial charge on any atom is -0.345 e. The van der Waals surface area contributed by atoms with Crippen LogP contribution in [0.4, 0.5) is 4.39 Å². The third-order valence-corrected chi connectivity index (χ3v) is 2.89. The first-order chi connectivity index (χ1) is 9.61. The van der Waals surface area contributed by atoms with Gasteiger partial charge in [-0.15, -0.1) is 0 Å². The van der Waals surface area contributed by atoms with Crippen molar-refractivity contribution in [2.75, 3.05) is 0 Å². The molecule has 20 heavy (non-hydrogen) atoms. The number of hydrogen-bond acceptors (Lipinski definition) is 3. The van der Waals surface area contributed by atoms with Gasteiger partial charge >= 0.3 is 0 Å². The number of nitrogens with one attached hydrogen (secondary N) is 1. The van der Waals surface area contributed by atoms with Gasteiger partial charge in [-0.1, -0.05) is 12.1 Å². The highest BCUT2D eigenvalue weighted by molar-refractivity contribution is 5.94. The summed E-state index contributed by atoms with van der Waals surface area (Å²) in [7, 11) is 0. The van der Waals surface area contributed by atoms with Crippen molar-refractivity contribution >= 4 is 5.91 Å². The van der Waals surface area contributed by atoms with Gasteiger partial charge < -0.3 is 5.32 Å². The smallest absolute Gasteiger partial charge is 0.256 e. The maximum atomic E-state index is 13.4. The van der Waals surface area contributed by atoms with Gasteiger partial charge in [-0.05, 0) is 36.8 Å². The van der Waals surface area contributed by atoms with Crippen LogP contribution >= 0.6 is 0 Å². The number of carbonyl (C=O) groups is 1. The Balaban J connectivity index is 2.11. The molecule has 1 unspecified atom stereocenters. The summed E-state index contributed by atoms with van der Waals surface area (Å²) in [6.45, 7) is 1.79. The standard InChI is InChI=1S/C15H12FN3O/c1-10(12-6-4-11(9-17)5-7-12)19-15(20)13-3-2-8-18-14(13)16/h2-8,10H,1H3,(H,19,20). The van der Waals surface area contributed by atoms with Crippen molar-refractivity contribution in [1.29, 1.82) is 5.26 Å². The van der Waals surface area contributed by atoms with E-state index in [1.165, 1.54) is 18.3 Å². The topological polar surface area (TPSA) is 65.8 Å². The molecule has 100 valence electrons. The molecule has 1 amide bonds. The fraction of sp³-hybridized carbons (Fsp3) is 0.133. The van der Waals surface area contributed by atoms with E-state index in [1.54, 1.807) is 31.2 Å². The number of hydrogen-bond donors (Lipinski definition) is 1. The van der Waals surface area contributed by atoms with Crippen LogP contribution in [0.3, 0.4) is 0 Å². The lowest BCUT2D eigenvalue weighted by Gasteiger charge is -2.14. The number of rotatable bonds is 3. The Morgan fingerprint density at radius 1 is 1.35 bits per heavy atom. The number of nitriles is 1. The van der Waals surface area contributed by atoms with Crippen molar-refractivity contribution in [3.63, 3.8) is 0 Å². The van der Waals surface area contributed by atoms with E-state index in [0.717, 1.165) is 5.56 Å². The molecular weight excluding hydrogens is 257 g/mol. The molecule has 1 aromatic carbocycles. The third-order valence-electron chi connectivity index (χ3n) is 2.89. The molecule has 1 atom stereocenters. The molecule has 0 bridgehead atoms. The Bertz CT molecular complexity index is 662. The zero-order valence-corrected chi connectivity index (χ0v) is 10.8. The Morgan fingerprint density at radius 3 is 2.65 bits per heavy atom. The van der Waals surface area contributed by atoms with Crippen LogP contribution in [0.2, 0.25) is 0 Å². The van der Waals surface area contributed by atoms with Gasteiger partial charge in [-0.3, -0.25) is 4.79 Å². The Hall–Kier alpha value is -2.74. The fourth-order valence-electron chi connectivity index (χ4n) is 1.76. The van der Waals surface area contributed by atoms with Gasteiger partial charge in [0, 0.05) is 6.20 Å². The molecule has 0 saturated heterocycles. The number of aromatic nitrogens is 1. The van der Waals surface area contributed by atoms with E-state index in [-0.39, 0.29) is 11.6 Å². The summed E-state index contributed by atoms with van der Waals surface area (Å²) in [5, 5.41) is 11.4. The molecule has 1 aromatic heterocycles. The first kappa shape index (κ1) is 13.7. The Morgan fingerprint density at radius 2 is 2.05 bits per heavy atom. The van der Waals surface area contributed by atoms with Crippen LogP contribution in [0.5, 0.6) is 0 Å². The lowest BCUT2D eigenvalue weighted by Crippen LogP contribution is -2.27. The van der Waals surface area contributed by atoms with Crippen LogP contribution in [-0.4, -0.2) is 10.9 Å². The zero-order chi connectivity index (χ0) is 14.5. The van der Waals surface area contributed by atoms with Crippen LogP contribution in [0.1, 0.15) is 34.5 Å². The van der Waals surface area contributed by atoms with Gasteiger partial charge in [-0.25, -0.2) is 4.98 Å². The molecule has 0 fully saturated rings. The fourth-order valence-corrected chi connectivity index (χ4v) is 1.76. The SMILES string of the molecule is CC(NC(=O)c1cccnc1F)c1ccc(C#N)cc1. The lowest BCUT2D eigenvalue weighted by molar-refractivity contribution is 0.0935. The molecule has 5 heteroatoms. The first-order valence-electron chi connectivity index (χ1n) is 6.03. The van der Waals surface area contributed by atoms with Gasteiger partial charge in [0.05, 0.1) is 23.2 Å². The third kappa shape index (κ3) is 2.98. The minimum atomic E-state index is -0.794. The molecule has 1 N–H and O–H groups in total. The molecule has 0 aliphatic rings. The van der Waals surface area contributed by atoms with Crippen molar-refractivity contribution in [2.24, 2.45) is 0 Å². The van der Waals surface area contributed by atoms with Crippen molar-refractivity contribution in [1.82, 2.24) is 10.3 Å². The molecule has 0 radical (unpaired) electrons. The first-order valence-corrected chi connectivity index (χ1v) is 6.03. The predicted octanol–water partition coefficient (Wildman–Crippen LogP) is 2.58. The number of benzene rings is 1. The van der Waals surface area contributed by atoms with Crippen molar-refractivity contribution in [3.05, 3.63) is 65.2 Å². The molecule has 4 nitrogen and oxygen atoms in total. The number of nitrogens with zero attached hydrogens (tertiary/aromatic N) is 2. The highest BCUT2D eigenvalue weighted by Gasteiger charge is 2.15. The summed E-state index contributed by atoms with van der Waals surface area (Å²) in [4.78, 5) is 15.4. The number of halogens is 1. The largest absolute Gasteiger partial charge is 0.345 e. The summed E-state index contributed by atoms with van der Waals surface area (Å²) < 4.78 is 13.4. The van der Waals surface area contributed by atoms with Crippen LogP contribution in [0.15, 0.2) is 42.6 Å². The molecule has 2 rings (SSSR count). The van der Waals surface area contributed by atoms with E-state index in [9.17, 15) is 9.18 Å². The van der Waals surface area contributed by atoms with E-state index in [1.807, 2.05) is 6.07 Å². The van der Waals surface area contributed by atoms with Gasteiger partial charge in [0.1, 0.15) is 0 Å². The van der Waals surface area contributed by atoms with Crippen LogP contribution in [-0.2, 0) is 0 Å². The monoisotopic (exact) mass is 269 g/mol. The van der Waals surface area contributed by atoms with E-state index in [4.69, 9.17) is 5.26 Å². The number of carbonyl (C=O) groups excluding carboxylic acids is 1. The second-order valence-electron chi connectivity index (χ2n) is 4.27. The average molecular weight is 269 g/mol. The minimum absolute atomic E-state index is 0.0898. The summed E-state index contributed by atoms with van der Waals surface area (Å²) in [6.07, 6.45) is 1.29. The maximum Gasteiger partial charge on any atom is 0.256 e. The van der Waals surface area contributed by atoms with Gasteiger partial charge in [-0.2, -0.15) is 9.65 Å². The molecule has 2 aromatic rings. The second kappa shape index (κ2) is 5.93. The summed E-state index contributed by atoms with van der Waals surface area (Å²) >= 11 is 0. The van der Waals surface area contributed by atoms with Gasteiger partial charge in [0.2, 0.25) is 5.95 Å². The van der Waals surface area contributed by atoms with Crippen molar-refractivity contribution in [2.45, 2.75) is 13.0 Å².